The normalized spacial score (nSPS) is 11.4. The molecule has 6 amide bonds. The zero-order valence-electron chi connectivity index (χ0n) is 48.6. The molecule has 0 aromatic carbocycles. The molecule has 0 atom stereocenters. The van der Waals surface area contributed by atoms with Gasteiger partial charge in [0, 0.05) is 116 Å². The fourth-order valence-electron chi connectivity index (χ4n) is 9.74. The minimum absolute atomic E-state index is 0.230. The maximum atomic E-state index is 12.8. The van der Waals surface area contributed by atoms with Gasteiger partial charge in [-0.15, -0.1) is 0 Å². The maximum absolute atomic E-state index is 12.8. The largest absolute Gasteiger partial charge is 0.338 e. The van der Waals surface area contributed by atoms with Crippen LogP contribution in [0.15, 0.2) is 37.6 Å². The summed E-state index contributed by atoms with van der Waals surface area (Å²) in [5.41, 5.74) is 2.92. The van der Waals surface area contributed by atoms with Crippen molar-refractivity contribution in [1.82, 2.24) is 65.5 Å². The molecule has 3 rings (SSSR count). The number of carbonyl (C=O) groups is 3. The molecular weight excluding hydrogens is 951 g/mol. The summed E-state index contributed by atoms with van der Waals surface area (Å²) in [7, 11) is 0. The third-order valence-electron chi connectivity index (χ3n) is 14.5. The molecule has 0 unspecified atom stereocenters. The Morgan fingerprint density at radius 2 is 0.566 bits per heavy atom. The summed E-state index contributed by atoms with van der Waals surface area (Å²) in [6.07, 6.45) is 53.6. The number of rotatable bonds is 51. The first-order chi connectivity index (χ1) is 37.4. The molecule has 0 saturated carbocycles. The minimum atomic E-state index is -0.230. The number of nitrogens with zero attached hydrogens (tertiary/aromatic N) is 7. The molecule has 0 saturated heterocycles. The van der Waals surface area contributed by atoms with Gasteiger partial charge in [-0.25, -0.2) is 29.3 Å². The van der Waals surface area contributed by atoms with E-state index < -0.39 is 0 Å². The van der Waals surface area contributed by atoms with E-state index in [9.17, 15) is 14.4 Å². The number of nitrogens with one attached hydrogen (secondary N) is 6. The molecule has 3 heterocycles. The van der Waals surface area contributed by atoms with Gasteiger partial charge >= 0.3 is 18.1 Å². The molecule has 0 bridgehead atoms. The van der Waals surface area contributed by atoms with E-state index in [1.54, 1.807) is 0 Å². The van der Waals surface area contributed by atoms with Gasteiger partial charge < -0.3 is 45.6 Å². The number of aromatic nitrogens is 6. The van der Waals surface area contributed by atoms with Crippen molar-refractivity contribution < 1.29 is 14.4 Å². The Morgan fingerprint density at radius 3 is 0.816 bits per heavy atom. The number of hydrogen-bond donors (Lipinski definition) is 6. The number of hydrogen-bond acceptors (Lipinski definition) is 7. The first-order valence-electron chi connectivity index (χ1n) is 31.2. The number of aryl methyl sites for hydroxylation is 3. The van der Waals surface area contributed by atoms with Crippen molar-refractivity contribution in [3.8, 4) is 0 Å². The average molecular weight is 1060 g/mol. The van der Waals surface area contributed by atoms with Crippen LogP contribution in [0, 0.1) is 0 Å². The SMILES string of the molecule is CCCCCCCCCCCCn1cnc(CCNC(=O)NCCN(CCNC(=O)NCCc2cn(CCCCCCCCCCCC)cn2)CCNC(=O)NCCc2cn(CCCCCCCCCCCC)cn2)c1. The molecule has 0 aliphatic carbocycles. The molecule has 3 aromatic rings. The maximum Gasteiger partial charge on any atom is 0.314 e. The lowest BCUT2D eigenvalue weighted by Crippen LogP contribution is -2.46. The Labute approximate surface area is 462 Å². The van der Waals surface area contributed by atoms with Crippen LogP contribution in [0.5, 0.6) is 0 Å². The molecule has 16 nitrogen and oxygen atoms in total. The number of imidazole rings is 3. The molecular formula is C60H111N13O3. The fraction of sp³-hybridized carbons (Fsp3) is 0.800. The van der Waals surface area contributed by atoms with E-state index in [4.69, 9.17) is 0 Å². The standard InChI is InChI=1S/C60H111N13O3/c1-4-7-10-13-16-19-22-25-28-31-43-71-49-55(67-52-71)34-37-61-58(74)64-40-46-70(47-41-65-59(75)62-38-35-56-50-72(53-68-56)44-32-29-26-23-20-17-14-11-8-5-2)48-42-66-60(76)63-39-36-57-51-73(54-69-57)45-33-30-27-24-21-18-15-12-9-6-3/h49-54H,4-48H2,1-3H3,(H2,61,64,74)(H2,62,65,75)(H2,63,66,76). The molecule has 0 aliphatic rings. The number of urea groups is 3. The number of amides is 6. The molecule has 434 valence electrons. The van der Waals surface area contributed by atoms with Gasteiger partial charge in [-0.2, -0.15) is 0 Å². The Hall–Kier alpha value is -4.60. The van der Waals surface area contributed by atoms with Crippen molar-refractivity contribution in [1.29, 1.82) is 0 Å². The van der Waals surface area contributed by atoms with Crippen LogP contribution in [0.2, 0.25) is 0 Å². The molecule has 3 aromatic heterocycles. The molecule has 0 aliphatic heterocycles. The number of unbranched alkanes of at least 4 members (excludes halogenated alkanes) is 27. The Morgan fingerprint density at radius 1 is 0.342 bits per heavy atom. The second-order valence-electron chi connectivity index (χ2n) is 21.5. The zero-order chi connectivity index (χ0) is 54.2. The van der Waals surface area contributed by atoms with Crippen molar-refractivity contribution in [2.24, 2.45) is 0 Å². The van der Waals surface area contributed by atoms with Crippen LogP contribution in [0.4, 0.5) is 14.4 Å². The lowest BCUT2D eigenvalue weighted by molar-refractivity contribution is 0.228. The second kappa shape index (κ2) is 46.5. The van der Waals surface area contributed by atoms with Gasteiger partial charge in [0.25, 0.3) is 0 Å². The van der Waals surface area contributed by atoms with Crippen molar-refractivity contribution in [3.05, 3.63) is 54.7 Å². The predicted octanol–water partition coefficient (Wildman–Crippen LogP) is 12.3. The predicted molar refractivity (Wildman–Crippen MR) is 314 cm³/mol. The first-order valence-corrected chi connectivity index (χ1v) is 31.2. The summed E-state index contributed by atoms with van der Waals surface area (Å²) in [6, 6.07) is -0.689. The third kappa shape index (κ3) is 36.4. The highest BCUT2D eigenvalue weighted by Crippen LogP contribution is 2.14. The third-order valence-corrected chi connectivity index (χ3v) is 14.5. The summed E-state index contributed by atoms with van der Waals surface area (Å²) in [6.45, 7) is 14.1. The highest BCUT2D eigenvalue weighted by molar-refractivity contribution is 5.74. The van der Waals surface area contributed by atoms with Crippen LogP contribution in [0.3, 0.4) is 0 Å². The molecule has 76 heavy (non-hydrogen) atoms. The Kier molecular flexibility index (Phi) is 40.2. The average Bonchev–Trinajstić information content (AvgIpc) is 4.20. The van der Waals surface area contributed by atoms with Crippen molar-refractivity contribution in [2.75, 3.05) is 58.9 Å². The summed E-state index contributed by atoms with van der Waals surface area (Å²) in [4.78, 5) is 54.2. The van der Waals surface area contributed by atoms with Gasteiger partial charge in [0.1, 0.15) is 0 Å². The molecule has 0 spiro atoms. The van der Waals surface area contributed by atoms with Crippen LogP contribution >= 0.6 is 0 Å². The smallest absolute Gasteiger partial charge is 0.314 e. The molecule has 0 fully saturated rings. The van der Waals surface area contributed by atoms with Crippen LogP contribution in [-0.2, 0) is 38.9 Å². The summed E-state index contributed by atoms with van der Waals surface area (Å²) in [5.74, 6) is 0. The highest BCUT2D eigenvalue weighted by Gasteiger charge is 2.11. The van der Waals surface area contributed by atoms with Gasteiger partial charge in [0.2, 0.25) is 0 Å². The van der Waals surface area contributed by atoms with Gasteiger partial charge in [-0.3, -0.25) is 4.90 Å². The van der Waals surface area contributed by atoms with Crippen molar-refractivity contribution >= 4 is 18.1 Å². The van der Waals surface area contributed by atoms with Crippen LogP contribution in [0.1, 0.15) is 230 Å². The minimum Gasteiger partial charge on any atom is -0.338 e. The highest BCUT2D eigenvalue weighted by atomic mass is 16.2. The van der Waals surface area contributed by atoms with Crippen molar-refractivity contribution in [3.63, 3.8) is 0 Å². The lowest BCUT2D eigenvalue weighted by atomic mass is 10.1. The van der Waals surface area contributed by atoms with E-state index in [1.807, 2.05) is 19.0 Å². The van der Waals surface area contributed by atoms with E-state index in [1.165, 1.54) is 173 Å². The van der Waals surface area contributed by atoms with Gasteiger partial charge in [-0.05, 0) is 19.3 Å². The molecule has 0 radical (unpaired) electrons. The molecule has 16 heteroatoms. The first kappa shape index (κ1) is 65.7. The van der Waals surface area contributed by atoms with Gasteiger partial charge in [0.05, 0.1) is 36.1 Å². The molecule has 6 N–H and O–H groups in total. The Balaban J connectivity index is 1.32. The summed E-state index contributed by atoms with van der Waals surface area (Å²) in [5, 5.41) is 17.8. The van der Waals surface area contributed by atoms with E-state index in [0.717, 1.165) is 56.0 Å². The topological polar surface area (TPSA) is 180 Å². The zero-order valence-corrected chi connectivity index (χ0v) is 48.6. The number of carbonyl (C=O) groups excluding carboxylic acids is 3. The lowest BCUT2D eigenvalue weighted by Gasteiger charge is -2.23. The Bertz CT molecular complexity index is 1620. The monoisotopic (exact) mass is 1060 g/mol. The van der Waals surface area contributed by atoms with Crippen LogP contribution in [-0.4, -0.2) is 111 Å². The van der Waals surface area contributed by atoms with E-state index in [0.29, 0.717) is 78.2 Å². The fourth-order valence-corrected chi connectivity index (χ4v) is 9.74. The van der Waals surface area contributed by atoms with Gasteiger partial charge in [0.15, 0.2) is 0 Å². The second-order valence-corrected chi connectivity index (χ2v) is 21.5. The van der Waals surface area contributed by atoms with E-state index >= 15 is 0 Å². The summed E-state index contributed by atoms with van der Waals surface area (Å²) >= 11 is 0. The van der Waals surface area contributed by atoms with E-state index in [2.05, 4.69) is 105 Å². The van der Waals surface area contributed by atoms with E-state index in [-0.39, 0.29) is 18.1 Å². The quantitative estimate of drug-likeness (QED) is 0.0304. The summed E-state index contributed by atoms with van der Waals surface area (Å²) < 4.78 is 6.49. The van der Waals surface area contributed by atoms with Gasteiger partial charge in [-0.1, -0.05) is 194 Å². The van der Waals surface area contributed by atoms with Crippen LogP contribution < -0.4 is 31.9 Å². The van der Waals surface area contributed by atoms with Crippen molar-refractivity contribution in [2.45, 2.75) is 252 Å². The van der Waals surface area contributed by atoms with Crippen LogP contribution in [0.25, 0.3) is 0 Å².